The molecule has 1 saturated carbocycles. The second-order valence-electron chi connectivity index (χ2n) is 13.3. The molecule has 9 nitrogen and oxygen atoms in total. The summed E-state index contributed by atoms with van der Waals surface area (Å²) in [4.78, 5) is 15.5. The summed E-state index contributed by atoms with van der Waals surface area (Å²) in [5, 5.41) is 2.24. The number of halogens is 6. The summed E-state index contributed by atoms with van der Waals surface area (Å²) in [5.74, 6) is -0.400. The fourth-order valence-electron chi connectivity index (χ4n) is 7.72. The minimum Gasteiger partial charge on any atom is -0.478 e. The zero-order valence-corrected chi connectivity index (χ0v) is 26.4. The van der Waals surface area contributed by atoms with Crippen LogP contribution in [0.3, 0.4) is 0 Å². The first kappa shape index (κ1) is 31.5. The lowest BCUT2D eigenvalue weighted by molar-refractivity contribution is -0.138. The van der Waals surface area contributed by atoms with Crippen LogP contribution in [-0.2, 0) is 10.9 Å². The largest absolute Gasteiger partial charge is 0.478 e. The van der Waals surface area contributed by atoms with E-state index in [1.807, 2.05) is 19.0 Å². The van der Waals surface area contributed by atoms with Gasteiger partial charge in [-0.1, -0.05) is 11.6 Å². The summed E-state index contributed by atoms with van der Waals surface area (Å²) >= 11 is 6.06. The third kappa shape index (κ3) is 5.39. The number of nitrogens with two attached hydrogens (primary N) is 1. The fraction of sp³-hybridized carbons (Fsp3) is 0.613. The van der Waals surface area contributed by atoms with Gasteiger partial charge in [-0.15, -0.1) is 0 Å². The second-order valence-corrected chi connectivity index (χ2v) is 13.8. The predicted molar refractivity (Wildman–Crippen MR) is 163 cm³/mol. The van der Waals surface area contributed by atoms with E-state index in [1.54, 1.807) is 0 Å². The highest BCUT2D eigenvalue weighted by Crippen LogP contribution is 2.44. The van der Waals surface area contributed by atoms with Gasteiger partial charge in [0.2, 0.25) is 5.88 Å². The van der Waals surface area contributed by atoms with Crippen LogP contribution in [0.15, 0.2) is 12.1 Å². The van der Waals surface area contributed by atoms with Crippen LogP contribution in [0.4, 0.5) is 33.5 Å². The smallest absolute Gasteiger partial charge is 0.418 e. The summed E-state index contributed by atoms with van der Waals surface area (Å²) in [7, 11) is 3.90. The number of aromatic nitrogens is 2. The van der Waals surface area contributed by atoms with Crippen LogP contribution in [-0.4, -0.2) is 91.0 Å². The highest BCUT2D eigenvalue weighted by Gasteiger charge is 2.50. The number of hydrogen-bond donors (Lipinski definition) is 2. The van der Waals surface area contributed by atoms with Crippen molar-refractivity contribution in [3.63, 3.8) is 0 Å². The lowest BCUT2D eigenvalue weighted by Gasteiger charge is -2.47. The number of anilines is 2. The first-order chi connectivity index (χ1) is 21.8. The highest BCUT2D eigenvalue weighted by atomic mass is 35.5. The Morgan fingerprint density at radius 3 is 2.76 bits per heavy atom. The van der Waals surface area contributed by atoms with Crippen LogP contribution in [0.25, 0.3) is 11.7 Å². The molecule has 2 saturated heterocycles. The molecule has 5 heterocycles. The third-order valence-corrected chi connectivity index (χ3v) is 10.4. The average Bonchev–Trinajstić information content (AvgIpc) is 3.48. The van der Waals surface area contributed by atoms with E-state index in [-0.39, 0.29) is 53.3 Å². The quantitative estimate of drug-likeness (QED) is 0.340. The van der Waals surface area contributed by atoms with Crippen molar-refractivity contribution in [2.75, 3.05) is 64.1 Å². The molecule has 46 heavy (non-hydrogen) atoms. The van der Waals surface area contributed by atoms with E-state index in [0.29, 0.717) is 31.9 Å². The van der Waals surface area contributed by atoms with E-state index in [9.17, 15) is 17.6 Å². The Morgan fingerprint density at radius 1 is 1.24 bits per heavy atom. The molecular formula is C31H37ClF5N7O2. The van der Waals surface area contributed by atoms with Gasteiger partial charge in [-0.3, -0.25) is 4.90 Å². The Bertz CT molecular complexity index is 1660. The van der Waals surface area contributed by atoms with Crippen LogP contribution in [0.5, 0.6) is 6.01 Å². The summed E-state index contributed by atoms with van der Waals surface area (Å²) in [6, 6.07) is 0.329. The van der Waals surface area contributed by atoms with Gasteiger partial charge in [0.15, 0.2) is 5.83 Å². The first-order valence-corrected chi connectivity index (χ1v) is 16.0. The van der Waals surface area contributed by atoms with Crippen molar-refractivity contribution < 1.29 is 31.4 Å². The van der Waals surface area contributed by atoms with Crippen molar-refractivity contribution in [2.24, 2.45) is 5.92 Å². The van der Waals surface area contributed by atoms with E-state index in [4.69, 9.17) is 31.8 Å². The molecule has 5 aliphatic rings. The molecule has 1 aromatic heterocycles. The molecule has 4 aliphatic heterocycles. The summed E-state index contributed by atoms with van der Waals surface area (Å²) in [6.45, 7) is 2.70. The average molecular weight is 670 g/mol. The van der Waals surface area contributed by atoms with E-state index in [0.717, 1.165) is 44.4 Å². The fourth-order valence-corrected chi connectivity index (χ4v) is 8.06. The number of benzene rings is 1. The molecule has 3 unspecified atom stereocenters. The Morgan fingerprint density at radius 2 is 2.04 bits per heavy atom. The van der Waals surface area contributed by atoms with Gasteiger partial charge >= 0.3 is 12.2 Å². The van der Waals surface area contributed by atoms with Crippen LogP contribution < -0.4 is 31.3 Å². The van der Waals surface area contributed by atoms with Gasteiger partial charge in [-0.25, -0.2) is 8.78 Å². The lowest BCUT2D eigenvalue weighted by Crippen LogP contribution is -2.57. The monoisotopic (exact) mass is 669 g/mol. The molecule has 3 N–H and O–H groups in total. The van der Waals surface area contributed by atoms with Crippen LogP contribution in [0, 0.1) is 5.92 Å². The van der Waals surface area contributed by atoms with Gasteiger partial charge in [-0.05, 0) is 64.0 Å². The SMILES string of the molecule is CN(C)CCN1c2nc(OC[C@@]34CCCN3C[C@H](F)C4)nc3c2=C(NC(c2cc(N)cc(Cl)c2C(F)(F)F)C=3F)OCC2CCC21. The highest BCUT2D eigenvalue weighted by molar-refractivity contribution is 6.31. The molecule has 1 aromatic carbocycles. The van der Waals surface area contributed by atoms with Crippen molar-refractivity contribution >= 4 is 34.8 Å². The van der Waals surface area contributed by atoms with Crippen LogP contribution in [0.2, 0.25) is 5.02 Å². The Kier molecular flexibility index (Phi) is 7.91. The van der Waals surface area contributed by atoms with Crippen LogP contribution in [0.1, 0.15) is 49.3 Å². The summed E-state index contributed by atoms with van der Waals surface area (Å²) in [5.41, 5.74) is 3.66. The molecule has 15 heteroatoms. The van der Waals surface area contributed by atoms with Crippen LogP contribution >= 0.6 is 11.6 Å². The van der Waals surface area contributed by atoms with Gasteiger partial charge in [-0.2, -0.15) is 23.1 Å². The lowest BCUT2D eigenvalue weighted by atomic mass is 9.78. The van der Waals surface area contributed by atoms with Crippen molar-refractivity contribution in [3.05, 3.63) is 38.9 Å². The number of fused-ring (bicyclic) bond motifs is 2. The Balaban J connectivity index is 1.40. The minimum absolute atomic E-state index is 0.0559. The third-order valence-electron chi connectivity index (χ3n) is 10.1. The maximum absolute atomic E-state index is 16.8. The van der Waals surface area contributed by atoms with Gasteiger partial charge in [0, 0.05) is 43.7 Å². The maximum atomic E-state index is 16.8. The number of nitrogen functional groups attached to an aromatic ring is 1. The molecule has 1 aliphatic carbocycles. The van der Waals surface area contributed by atoms with E-state index in [1.165, 1.54) is 0 Å². The Labute approximate surface area is 268 Å². The normalized spacial score (nSPS) is 28.9. The number of alkyl halides is 4. The maximum Gasteiger partial charge on any atom is 0.418 e. The number of nitrogens with zero attached hydrogens (tertiary/aromatic N) is 5. The zero-order valence-electron chi connectivity index (χ0n) is 25.6. The van der Waals surface area contributed by atoms with E-state index in [2.05, 4.69) is 20.1 Å². The number of likely N-dealkylation sites (N-methyl/N-ethyl adjacent to an activating group) is 1. The topological polar surface area (TPSA) is 92.0 Å². The van der Waals surface area contributed by atoms with Gasteiger partial charge in [0.25, 0.3) is 0 Å². The number of rotatable bonds is 7. The van der Waals surface area contributed by atoms with Crippen molar-refractivity contribution in [2.45, 2.75) is 62.1 Å². The van der Waals surface area contributed by atoms with Gasteiger partial charge in [0.05, 0.1) is 22.7 Å². The molecule has 0 radical (unpaired) electrons. The molecule has 0 bridgehead atoms. The molecule has 250 valence electrons. The molecule has 2 aromatic rings. The van der Waals surface area contributed by atoms with Crippen molar-refractivity contribution in [3.8, 4) is 6.01 Å². The van der Waals surface area contributed by atoms with Crippen molar-refractivity contribution in [1.29, 1.82) is 0 Å². The molecular weight excluding hydrogens is 633 g/mol. The molecule has 0 amide bonds. The summed E-state index contributed by atoms with van der Waals surface area (Å²) in [6.07, 6.45) is -2.13. The number of hydrogen-bond acceptors (Lipinski definition) is 9. The number of ether oxygens (including phenoxy) is 2. The zero-order chi connectivity index (χ0) is 32.5. The predicted octanol–water partition coefficient (Wildman–Crippen LogP) is 3.35. The first-order valence-electron chi connectivity index (χ1n) is 15.7. The molecule has 0 spiro atoms. The van der Waals surface area contributed by atoms with E-state index >= 15 is 4.39 Å². The van der Waals surface area contributed by atoms with E-state index < -0.39 is 45.9 Å². The molecule has 3 fully saturated rings. The van der Waals surface area contributed by atoms with Gasteiger partial charge < -0.3 is 30.3 Å². The minimum atomic E-state index is -4.90. The van der Waals surface area contributed by atoms with Gasteiger partial charge in [0.1, 0.15) is 35.2 Å². The standard InChI is InChI=1S/C31H37ClF5N7O2/c1-42(2)8-9-44-21-5-4-16(21)14-45-28-22-26(24(34)25(39-28)19-10-18(38)11-20(32)23(19)31(35,36)37)40-29(41-27(22)44)46-15-30-6-3-7-43(30)13-17(33)12-30/h10-11,16-17,21,25,39H,3-9,12-15,38H2,1-2H3/t16?,17-,21?,25?,30+/m1/s1. The molecule has 7 rings (SSSR count). The molecule has 5 atom stereocenters. The number of nitrogens with one attached hydrogen (secondary N) is 1. The van der Waals surface area contributed by atoms with Crippen molar-refractivity contribution in [1.82, 2.24) is 25.1 Å². The Hall–Kier alpha value is -3.10. The summed E-state index contributed by atoms with van der Waals surface area (Å²) < 4.78 is 86.7. The second kappa shape index (κ2) is 11.6.